The lowest BCUT2D eigenvalue weighted by molar-refractivity contribution is -0.384. The van der Waals surface area contributed by atoms with Crippen molar-refractivity contribution < 1.29 is 19.2 Å². The third-order valence-electron chi connectivity index (χ3n) is 6.76. The summed E-state index contributed by atoms with van der Waals surface area (Å²) in [4.78, 5) is 40.8. The first-order chi connectivity index (χ1) is 17.2. The minimum Gasteiger partial charge on any atom is -0.447 e. The molecule has 0 unspecified atom stereocenters. The molecule has 2 amide bonds. The molecule has 192 valence electrons. The van der Waals surface area contributed by atoms with E-state index in [1.165, 1.54) is 4.90 Å². The summed E-state index contributed by atoms with van der Waals surface area (Å²) < 4.78 is 5.22. The van der Waals surface area contributed by atoms with E-state index in [-0.39, 0.29) is 41.0 Å². The van der Waals surface area contributed by atoms with E-state index < -0.39 is 6.09 Å². The standard InChI is InChI=1S/C28H35N3O5/c1-18(2)15-29(16-19(3)4)25-11-10-21(13-26(25)31(34)35)23-14-24(23)27(32)30-22(17-36-28(30)33)12-20-8-6-5-7-9-20/h5-11,13,18-19,22-24H,12,14-17H2,1-4H3/t22-,23+,24+/m1/s1. The molecule has 8 nitrogen and oxygen atoms in total. The second-order valence-corrected chi connectivity index (χ2v) is 10.8. The number of anilines is 1. The number of amides is 2. The van der Waals surface area contributed by atoms with Crippen LogP contribution in [0, 0.1) is 27.9 Å². The van der Waals surface area contributed by atoms with E-state index in [0.29, 0.717) is 30.4 Å². The average molecular weight is 494 g/mol. The molecule has 1 heterocycles. The number of nitro benzene ring substituents is 1. The summed E-state index contributed by atoms with van der Waals surface area (Å²) in [5, 5.41) is 12.0. The number of cyclic esters (lactones) is 1. The fourth-order valence-corrected chi connectivity index (χ4v) is 5.12. The monoisotopic (exact) mass is 493 g/mol. The molecule has 8 heteroatoms. The molecule has 3 atom stereocenters. The van der Waals surface area contributed by atoms with Gasteiger partial charge in [-0.15, -0.1) is 0 Å². The molecule has 1 saturated carbocycles. The molecular formula is C28H35N3O5. The number of nitrogens with zero attached hydrogens (tertiary/aromatic N) is 3. The maximum atomic E-state index is 13.3. The Morgan fingerprint density at radius 3 is 2.39 bits per heavy atom. The van der Waals surface area contributed by atoms with Crippen molar-refractivity contribution in [3.8, 4) is 0 Å². The molecule has 0 spiro atoms. The fraction of sp³-hybridized carbons (Fsp3) is 0.500. The number of hydrogen-bond donors (Lipinski definition) is 0. The number of imide groups is 1. The van der Waals surface area contributed by atoms with E-state index in [0.717, 1.165) is 24.2 Å². The summed E-state index contributed by atoms with van der Waals surface area (Å²) in [6.45, 7) is 10.0. The second kappa shape index (κ2) is 10.7. The lowest BCUT2D eigenvalue weighted by atomic mass is 10.0. The van der Waals surface area contributed by atoms with E-state index >= 15 is 0 Å². The predicted molar refractivity (Wildman–Crippen MR) is 138 cm³/mol. The first-order valence-electron chi connectivity index (χ1n) is 12.7. The van der Waals surface area contributed by atoms with E-state index in [1.54, 1.807) is 6.07 Å². The number of rotatable bonds is 10. The Hall–Kier alpha value is -3.42. The smallest absolute Gasteiger partial charge is 0.416 e. The molecule has 0 aromatic heterocycles. The van der Waals surface area contributed by atoms with Crippen LogP contribution >= 0.6 is 0 Å². The van der Waals surface area contributed by atoms with E-state index in [4.69, 9.17) is 4.74 Å². The van der Waals surface area contributed by atoms with Crippen molar-refractivity contribution >= 4 is 23.4 Å². The van der Waals surface area contributed by atoms with E-state index in [2.05, 4.69) is 32.6 Å². The third kappa shape index (κ3) is 5.69. The summed E-state index contributed by atoms with van der Waals surface area (Å²) in [5.74, 6) is -0.0482. The number of carbonyl (C=O) groups is 2. The summed E-state index contributed by atoms with van der Waals surface area (Å²) >= 11 is 0. The van der Waals surface area contributed by atoms with E-state index in [1.807, 2.05) is 42.5 Å². The van der Waals surface area contributed by atoms with Crippen LogP contribution in [-0.2, 0) is 16.0 Å². The molecule has 2 aromatic rings. The fourth-order valence-electron chi connectivity index (χ4n) is 5.12. The molecule has 4 rings (SSSR count). The molecule has 36 heavy (non-hydrogen) atoms. The van der Waals surface area contributed by atoms with Crippen LogP contribution in [0.25, 0.3) is 0 Å². The largest absolute Gasteiger partial charge is 0.447 e. The van der Waals surface area contributed by atoms with Crippen LogP contribution in [-0.4, -0.2) is 47.6 Å². The van der Waals surface area contributed by atoms with E-state index in [9.17, 15) is 19.7 Å². The highest BCUT2D eigenvalue weighted by Crippen LogP contribution is 2.50. The van der Waals surface area contributed by atoms with Crippen LogP contribution in [0.5, 0.6) is 0 Å². The number of benzene rings is 2. The van der Waals surface area contributed by atoms with Gasteiger partial charge in [-0.1, -0.05) is 64.1 Å². The maximum Gasteiger partial charge on any atom is 0.416 e. The molecule has 1 aliphatic carbocycles. The van der Waals surface area contributed by atoms with Crippen molar-refractivity contribution in [3.63, 3.8) is 0 Å². The van der Waals surface area contributed by atoms with Crippen LogP contribution in [0.1, 0.15) is 51.2 Å². The SMILES string of the molecule is CC(C)CN(CC(C)C)c1ccc([C@@H]2C[C@@H]2C(=O)N2C(=O)OC[C@H]2Cc2ccccc2)cc1[N+](=O)[O-]. The van der Waals surface area contributed by atoms with Gasteiger partial charge in [-0.05, 0) is 47.8 Å². The zero-order chi connectivity index (χ0) is 26.0. The Labute approximate surface area is 212 Å². The van der Waals surface area contributed by atoms with Crippen LogP contribution in [0.15, 0.2) is 48.5 Å². The zero-order valence-electron chi connectivity index (χ0n) is 21.4. The summed E-state index contributed by atoms with van der Waals surface area (Å²) in [6.07, 6.45) is 0.502. The highest BCUT2D eigenvalue weighted by Gasteiger charge is 2.51. The highest BCUT2D eigenvalue weighted by molar-refractivity contribution is 5.96. The van der Waals surface area contributed by atoms with Crippen molar-refractivity contribution in [2.75, 3.05) is 24.6 Å². The summed E-state index contributed by atoms with van der Waals surface area (Å²) in [5.41, 5.74) is 2.48. The van der Waals surface area contributed by atoms with Crippen LogP contribution in [0.4, 0.5) is 16.2 Å². The first-order valence-corrected chi connectivity index (χ1v) is 12.7. The molecule has 0 N–H and O–H groups in total. The first kappa shape index (κ1) is 25.7. The van der Waals surface area contributed by atoms with Gasteiger partial charge in [0.1, 0.15) is 12.3 Å². The van der Waals surface area contributed by atoms with Crippen molar-refractivity contribution in [2.24, 2.45) is 17.8 Å². The predicted octanol–water partition coefficient (Wildman–Crippen LogP) is 5.41. The molecule has 0 radical (unpaired) electrons. The Bertz CT molecular complexity index is 1110. The Balaban J connectivity index is 1.52. The third-order valence-corrected chi connectivity index (χ3v) is 6.76. The number of hydrogen-bond acceptors (Lipinski definition) is 6. The Morgan fingerprint density at radius 2 is 1.78 bits per heavy atom. The van der Waals surface area contributed by atoms with Crippen molar-refractivity contribution in [2.45, 2.75) is 52.5 Å². The van der Waals surface area contributed by atoms with Gasteiger partial charge in [0.2, 0.25) is 5.91 Å². The molecule has 0 bridgehead atoms. The minimum atomic E-state index is -0.606. The Morgan fingerprint density at radius 1 is 1.11 bits per heavy atom. The normalized spacial score (nSPS) is 21.1. The number of carbonyl (C=O) groups excluding carboxylic acids is 2. The molecule has 1 aliphatic heterocycles. The van der Waals surface area contributed by atoms with Crippen LogP contribution in [0.2, 0.25) is 0 Å². The molecular weight excluding hydrogens is 458 g/mol. The second-order valence-electron chi connectivity index (χ2n) is 10.8. The van der Waals surface area contributed by atoms with Crippen molar-refractivity contribution in [3.05, 3.63) is 69.8 Å². The Kier molecular flexibility index (Phi) is 7.62. The maximum absolute atomic E-state index is 13.3. The summed E-state index contributed by atoms with van der Waals surface area (Å²) in [6, 6.07) is 14.7. The minimum absolute atomic E-state index is 0.0643. The molecule has 2 fully saturated rings. The van der Waals surface area contributed by atoms with Crippen LogP contribution < -0.4 is 4.90 Å². The van der Waals surface area contributed by atoms with Gasteiger partial charge in [-0.2, -0.15) is 0 Å². The van der Waals surface area contributed by atoms with Gasteiger partial charge in [-0.3, -0.25) is 14.9 Å². The lowest BCUT2D eigenvalue weighted by Gasteiger charge is -2.28. The van der Waals surface area contributed by atoms with Gasteiger partial charge >= 0.3 is 6.09 Å². The van der Waals surface area contributed by atoms with Gasteiger partial charge in [0.05, 0.1) is 11.0 Å². The van der Waals surface area contributed by atoms with Gasteiger partial charge in [0.15, 0.2) is 0 Å². The topological polar surface area (TPSA) is 93.0 Å². The molecule has 1 saturated heterocycles. The quantitative estimate of drug-likeness (QED) is 0.325. The number of nitro groups is 1. The van der Waals surface area contributed by atoms with Gasteiger partial charge < -0.3 is 9.64 Å². The van der Waals surface area contributed by atoms with Gasteiger partial charge in [0, 0.05) is 25.1 Å². The molecule has 2 aliphatic rings. The van der Waals surface area contributed by atoms with Crippen molar-refractivity contribution in [1.82, 2.24) is 4.90 Å². The summed E-state index contributed by atoms with van der Waals surface area (Å²) in [7, 11) is 0. The number of ether oxygens (including phenoxy) is 1. The highest BCUT2D eigenvalue weighted by atomic mass is 16.6. The van der Waals surface area contributed by atoms with Crippen molar-refractivity contribution in [1.29, 1.82) is 0 Å². The lowest BCUT2D eigenvalue weighted by Crippen LogP contribution is -2.41. The van der Waals surface area contributed by atoms with Gasteiger partial charge in [0.25, 0.3) is 5.69 Å². The van der Waals surface area contributed by atoms with Crippen LogP contribution in [0.3, 0.4) is 0 Å². The molecule has 2 aromatic carbocycles. The zero-order valence-corrected chi connectivity index (χ0v) is 21.4. The van der Waals surface area contributed by atoms with Gasteiger partial charge in [-0.25, -0.2) is 9.69 Å². The average Bonchev–Trinajstić information content (AvgIpc) is 3.55.